The molecule has 110 valence electrons. The van der Waals surface area contributed by atoms with Crippen LogP contribution in [0.2, 0.25) is 0 Å². The highest BCUT2D eigenvalue weighted by molar-refractivity contribution is 7.98. The number of hydrogen-bond donors (Lipinski definition) is 1. The van der Waals surface area contributed by atoms with E-state index in [0.717, 1.165) is 19.5 Å². The van der Waals surface area contributed by atoms with E-state index in [0.29, 0.717) is 0 Å². The molecule has 0 aliphatic rings. The number of thioether (sulfide) groups is 1. The Labute approximate surface area is 126 Å². The van der Waals surface area contributed by atoms with E-state index in [1.54, 1.807) is 0 Å². The van der Waals surface area contributed by atoms with E-state index in [9.17, 15) is 0 Å². The molecule has 0 saturated carbocycles. The van der Waals surface area contributed by atoms with Gasteiger partial charge in [0.2, 0.25) is 0 Å². The fraction of sp³-hybridized carbons (Fsp3) is 0.529. The van der Waals surface area contributed by atoms with Crippen molar-refractivity contribution in [1.29, 1.82) is 0 Å². The summed E-state index contributed by atoms with van der Waals surface area (Å²) in [5, 5.41) is 4.98. The maximum atomic E-state index is 3.57. The number of rotatable bonds is 6. The molecular formula is C17H26N2S. The van der Waals surface area contributed by atoms with Crippen molar-refractivity contribution in [3.63, 3.8) is 0 Å². The summed E-state index contributed by atoms with van der Waals surface area (Å²) in [6.07, 6.45) is 5.59. The SMILES string of the molecule is CSCCn1cc(CCNC(C)(C)C)c2ccccc21. The van der Waals surface area contributed by atoms with Crippen LogP contribution in [-0.4, -0.2) is 28.7 Å². The largest absolute Gasteiger partial charge is 0.346 e. The molecule has 0 unspecified atom stereocenters. The second-order valence-electron chi connectivity index (χ2n) is 6.28. The van der Waals surface area contributed by atoms with Gasteiger partial charge in [-0.2, -0.15) is 11.8 Å². The molecule has 1 heterocycles. The number of nitrogens with zero attached hydrogens (tertiary/aromatic N) is 1. The molecule has 0 spiro atoms. The average molecular weight is 290 g/mol. The molecule has 1 aromatic heterocycles. The monoisotopic (exact) mass is 290 g/mol. The predicted molar refractivity (Wildman–Crippen MR) is 91.8 cm³/mol. The molecule has 2 nitrogen and oxygen atoms in total. The lowest BCUT2D eigenvalue weighted by Gasteiger charge is -2.20. The Kier molecular flexibility index (Phi) is 5.17. The Bertz CT molecular complexity index is 552. The lowest BCUT2D eigenvalue weighted by atomic mass is 10.1. The molecule has 0 radical (unpaired) electrons. The zero-order chi connectivity index (χ0) is 14.6. The molecule has 3 heteroatoms. The maximum absolute atomic E-state index is 3.57. The van der Waals surface area contributed by atoms with Gasteiger partial charge >= 0.3 is 0 Å². The summed E-state index contributed by atoms with van der Waals surface area (Å²) in [6, 6.07) is 8.75. The van der Waals surface area contributed by atoms with Gasteiger partial charge in [-0.05, 0) is 51.6 Å². The molecule has 1 N–H and O–H groups in total. The zero-order valence-corrected chi connectivity index (χ0v) is 13.9. The van der Waals surface area contributed by atoms with Crippen LogP contribution in [0.4, 0.5) is 0 Å². The third-order valence-corrected chi connectivity index (χ3v) is 4.05. The van der Waals surface area contributed by atoms with Gasteiger partial charge < -0.3 is 9.88 Å². The summed E-state index contributed by atoms with van der Waals surface area (Å²) in [4.78, 5) is 0. The molecule has 20 heavy (non-hydrogen) atoms. The van der Waals surface area contributed by atoms with Gasteiger partial charge in [0, 0.05) is 34.9 Å². The standard InChI is InChI=1S/C17H26N2S/c1-17(2,3)18-10-9-14-13-19(11-12-20-4)16-8-6-5-7-15(14)16/h5-8,13,18H,9-12H2,1-4H3. The lowest BCUT2D eigenvalue weighted by Crippen LogP contribution is -2.37. The number of aromatic nitrogens is 1. The van der Waals surface area contributed by atoms with Crippen LogP contribution >= 0.6 is 11.8 Å². The van der Waals surface area contributed by atoms with Crippen molar-refractivity contribution >= 4 is 22.7 Å². The summed E-state index contributed by atoms with van der Waals surface area (Å²) in [7, 11) is 0. The van der Waals surface area contributed by atoms with Crippen molar-refractivity contribution in [3.05, 3.63) is 36.0 Å². The molecule has 2 rings (SSSR count). The second-order valence-corrected chi connectivity index (χ2v) is 7.27. The summed E-state index contributed by atoms with van der Waals surface area (Å²) in [5.41, 5.74) is 3.02. The number of para-hydroxylation sites is 1. The molecule has 0 amide bonds. The molecule has 0 fully saturated rings. The van der Waals surface area contributed by atoms with Gasteiger partial charge in [-0.25, -0.2) is 0 Å². The normalized spacial score (nSPS) is 12.2. The van der Waals surface area contributed by atoms with E-state index < -0.39 is 0 Å². The van der Waals surface area contributed by atoms with Crippen LogP contribution in [0.1, 0.15) is 26.3 Å². The zero-order valence-electron chi connectivity index (χ0n) is 13.1. The molecule has 2 aromatic rings. The highest BCUT2D eigenvalue weighted by Gasteiger charge is 2.11. The fourth-order valence-electron chi connectivity index (χ4n) is 2.47. The Morgan fingerprint density at radius 3 is 2.65 bits per heavy atom. The first-order valence-electron chi connectivity index (χ1n) is 7.32. The quantitative estimate of drug-likeness (QED) is 0.868. The third kappa shape index (κ3) is 4.03. The summed E-state index contributed by atoms with van der Waals surface area (Å²) in [5.74, 6) is 1.17. The van der Waals surface area contributed by atoms with Crippen LogP contribution in [-0.2, 0) is 13.0 Å². The van der Waals surface area contributed by atoms with Crippen molar-refractivity contribution in [2.45, 2.75) is 39.3 Å². The van der Waals surface area contributed by atoms with Gasteiger partial charge in [-0.15, -0.1) is 0 Å². The van der Waals surface area contributed by atoms with Crippen LogP contribution in [0.3, 0.4) is 0 Å². The number of benzene rings is 1. The topological polar surface area (TPSA) is 17.0 Å². The first-order chi connectivity index (χ1) is 9.51. The van der Waals surface area contributed by atoms with E-state index >= 15 is 0 Å². The highest BCUT2D eigenvalue weighted by atomic mass is 32.2. The van der Waals surface area contributed by atoms with Crippen LogP contribution in [0.15, 0.2) is 30.5 Å². The van der Waals surface area contributed by atoms with Gasteiger partial charge in [0.1, 0.15) is 0 Å². The number of aryl methyl sites for hydroxylation is 1. The number of hydrogen-bond acceptors (Lipinski definition) is 2. The van der Waals surface area contributed by atoms with Crippen molar-refractivity contribution in [2.75, 3.05) is 18.6 Å². The van der Waals surface area contributed by atoms with Crippen molar-refractivity contribution in [3.8, 4) is 0 Å². The molecule has 0 atom stereocenters. The molecule has 0 aliphatic carbocycles. The van der Waals surface area contributed by atoms with E-state index in [-0.39, 0.29) is 5.54 Å². The summed E-state index contributed by atoms with van der Waals surface area (Å²) >= 11 is 1.90. The van der Waals surface area contributed by atoms with E-state index in [2.05, 4.69) is 67.4 Å². The van der Waals surface area contributed by atoms with Crippen LogP contribution in [0.25, 0.3) is 10.9 Å². The van der Waals surface area contributed by atoms with Gasteiger partial charge in [-0.3, -0.25) is 0 Å². The third-order valence-electron chi connectivity index (χ3n) is 3.46. The van der Waals surface area contributed by atoms with Crippen molar-refractivity contribution < 1.29 is 0 Å². The second kappa shape index (κ2) is 6.68. The number of fused-ring (bicyclic) bond motifs is 1. The van der Waals surface area contributed by atoms with Gasteiger partial charge in [0.05, 0.1) is 0 Å². The van der Waals surface area contributed by atoms with E-state index in [1.165, 1.54) is 22.2 Å². The molecule has 0 aliphatic heterocycles. The van der Waals surface area contributed by atoms with Gasteiger partial charge in [0.25, 0.3) is 0 Å². The van der Waals surface area contributed by atoms with Crippen molar-refractivity contribution in [2.24, 2.45) is 0 Å². The number of nitrogens with one attached hydrogen (secondary N) is 1. The Balaban J connectivity index is 2.16. The minimum absolute atomic E-state index is 0.192. The smallest absolute Gasteiger partial charge is 0.0483 e. The van der Waals surface area contributed by atoms with Crippen LogP contribution < -0.4 is 5.32 Å². The Hall–Kier alpha value is -0.930. The average Bonchev–Trinajstić information content (AvgIpc) is 2.74. The first-order valence-corrected chi connectivity index (χ1v) is 8.71. The predicted octanol–water partition coefficient (Wildman–Crippen LogP) is 3.93. The van der Waals surface area contributed by atoms with Gasteiger partial charge in [0.15, 0.2) is 0 Å². The summed E-state index contributed by atoms with van der Waals surface area (Å²) < 4.78 is 2.40. The minimum atomic E-state index is 0.192. The minimum Gasteiger partial charge on any atom is -0.346 e. The summed E-state index contributed by atoms with van der Waals surface area (Å²) in [6.45, 7) is 8.77. The fourth-order valence-corrected chi connectivity index (χ4v) is 2.85. The Morgan fingerprint density at radius 1 is 1.20 bits per heavy atom. The maximum Gasteiger partial charge on any atom is 0.0483 e. The molecular weight excluding hydrogens is 264 g/mol. The molecule has 0 bridgehead atoms. The van der Waals surface area contributed by atoms with Crippen LogP contribution in [0, 0.1) is 0 Å². The molecule has 1 aromatic carbocycles. The van der Waals surface area contributed by atoms with Crippen LogP contribution in [0.5, 0.6) is 0 Å². The lowest BCUT2D eigenvalue weighted by molar-refractivity contribution is 0.429. The van der Waals surface area contributed by atoms with E-state index in [1.807, 2.05) is 11.8 Å². The van der Waals surface area contributed by atoms with Gasteiger partial charge in [-0.1, -0.05) is 18.2 Å². The molecule has 0 saturated heterocycles. The Morgan fingerprint density at radius 2 is 1.95 bits per heavy atom. The highest BCUT2D eigenvalue weighted by Crippen LogP contribution is 2.22. The van der Waals surface area contributed by atoms with E-state index in [4.69, 9.17) is 0 Å². The van der Waals surface area contributed by atoms with Crippen molar-refractivity contribution in [1.82, 2.24) is 9.88 Å². The first kappa shape index (κ1) is 15.5.